The fraction of sp³-hybridized carbons (Fsp3) is 0.900. The number of rotatable bonds is 6. The minimum Gasteiger partial charge on any atom is -0.474 e. The molecule has 1 aromatic heterocycles. The highest BCUT2D eigenvalue weighted by Gasteiger charge is 2.63. The predicted octanol–water partition coefficient (Wildman–Crippen LogP) is 4.33. The van der Waals surface area contributed by atoms with Crippen molar-refractivity contribution in [3.63, 3.8) is 0 Å². The lowest BCUT2D eigenvalue weighted by Crippen LogP contribution is -2.60. The molecular formula is C30H50F3N7O2S. The van der Waals surface area contributed by atoms with Crippen LogP contribution in [0.5, 0.6) is 5.88 Å². The van der Waals surface area contributed by atoms with Crippen LogP contribution in [-0.2, 0) is 0 Å². The van der Waals surface area contributed by atoms with E-state index in [2.05, 4.69) is 44.5 Å². The van der Waals surface area contributed by atoms with Crippen LogP contribution in [0.4, 0.5) is 13.2 Å². The summed E-state index contributed by atoms with van der Waals surface area (Å²) in [6, 6.07) is 1.74. The maximum atomic E-state index is 13.3. The fourth-order valence-corrected chi connectivity index (χ4v) is 8.93. The van der Waals surface area contributed by atoms with Gasteiger partial charge in [-0.3, -0.25) is 24.9 Å². The zero-order valence-corrected chi connectivity index (χ0v) is 26.4. The number of hydrogen-bond donors (Lipinski definition) is 5. The maximum Gasteiger partial charge on any atom is 0.394 e. The van der Waals surface area contributed by atoms with E-state index in [1.165, 1.54) is 38.5 Å². The van der Waals surface area contributed by atoms with Crippen molar-refractivity contribution < 1.29 is 23.0 Å². The third kappa shape index (κ3) is 7.49. The highest BCUT2D eigenvalue weighted by Crippen LogP contribution is 2.60. The van der Waals surface area contributed by atoms with Gasteiger partial charge in [0.25, 0.3) is 0 Å². The van der Waals surface area contributed by atoms with Gasteiger partial charge >= 0.3 is 6.18 Å². The van der Waals surface area contributed by atoms with Crippen LogP contribution in [0.15, 0.2) is 12.3 Å². The molecule has 0 aromatic carbocycles. The Morgan fingerprint density at radius 3 is 2.77 bits per heavy atom. The summed E-state index contributed by atoms with van der Waals surface area (Å²) in [6.07, 6.45) is 5.99. The van der Waals surface area contributed by atoms with Crippen molar-refractivity contribution >= 4 is 11.9 Å². The van der Waals surface area contributed by atoms with Crippen molar-refractivity contribution in [2.45, 2.75) is 126 Å². The first kappa shape index (κ1) is 31.9. The van der Waals surface area contributed by atoms with E-state index in [1.54, 1.807) is 6.07 Å². The van der Waals surface area contributed by atoms with Gasteiger partial charge in [-0.2, -0.15) is 13.2 Å². The van der Waals surface area contributed by atoms with Gasteiger partial charge in [-0.25, -0.2) is 0 Å². The maximum absolute atomic E-state index is 13.3. The molecule has 0 radical (unpaired) electrons. The molecule has 9 nitrogen and oxygen atoms in total. The van der Waals surface area contributed by atoms with Crippen molar-refractivity contribution in [1.82, 2.24) is 35.4 Å². The van der Waals surface area contributed by atoms with Gasteiger partial charge in [-0.15, -0.1) is 5.10 Å². The Hall–Kier alpha value is -1.09. The molecule has 4 aliphatic heterocycles. The summed E-state index contributed by atoms with van der Waals surface area (Å²) in [7, 11) is 0. The zero-order valence-electron chi connectivity index (χ0n) is 25.5. The summed E-state index contributed by atoms with van der Waals surface area (Å²) >= 11 is 1.84. The lowest BCUT2D eigenvalue weighted by Gasteiger charge is -2.47. The minimum absolute atomic E-state index is 0.0157. The SMILES string of the molecule is CC1(C)C[C@@H]2CCCNC3CCCC(N3)SNCC3CCC(n4ccc(OCC(O)CC5(C(F)(F)F)CC5)n4)NC3N1C2. The van der Waals surface area contributed by atoms with Gasteiger partial charge in [0.05, 0.1) is 29.2 Å². The molecule has 1 saturated carbocycles. The molecule has 0 spiro atoms. The minimum atomic E-state index is -4.28. The molecule has 5 aliphatic rings. The Labute approximate surface area is 257 Å². The molecule has 7 unspecified atom stereocenters. The quantitative estimate of drug-likeness (QED) is 0.295. The summed E-state index contributed by atoms with van der Waals surface area (Å²) in [5, 5.41) is 26.8. The lowest BCUT2D eigenvalue weighted by molar-refractivity contribution is -0.195. The number of aromatic nitrogens is 2. The van der Waals surface area contributed by atoms with Crippen LogP contribution in [-0.4, -0.2) is 81.6 Å². The summed E-state index contributed by atoms with van der Waals surface area (Å²) in [5.74, 6) is 1.44. The van der Waals surface area contributed by atoms with Crippen LogP contribution in [0, 0.1) is 17.3 Å². The second-order valence-corrected chi connectivity index (χ2v) is 15.4. The molecule has 244 valence electrons. The third-order valence-corrected chi connectivity index (χ3v) is 11.5. The molecule has 5 heterocycles. The number of alkyl halides is 3. The van der Waals surface area contributed by atoms with Crippen LogP contribution in [0.3, 0.4) is 0 Å². The molecule has 13 heteroatoms. The Morgan fingerprint density at radius 2 is 1.98 bits per heavy atom. The van der Waals surface area contributed by atoms with Crippen molar-refractivity contribution in [1.29, 1.82) is 0 Å². The highest BCUT2D eigenvalue weighted by atomic mass is 32.2. The molecule has 4 bridgehead atoms. The smallest absolute Gasteiger partial charge is 0.394 e. The van der Waals surface area contributed by atoms with Crippen molar-refractivity contribution in [2.75, 3.05) is 26.2 Å². The predicted molar refractivity (Wildman–Crippen MR) is 161 cm³/mol. The molecule has 6 rings (SSSR count). The molecule has 1 aliphatic carbocycles. The van der Waals surface area contributed by atoms with E-state index in [4.69, 9.17) is 4.74 Å². The standard InChI is InChI=1S/C30H50F3N7O2S/c1-28(2)15-20-5-4-13-34-23-6-3-7-26(36-23)43-35-17-21-8-9-24(37-27(21)39(28)18-20)40-14-10-25(38-40)42-19-22(41)16-29(11-12-29)30(31,32)33/h10,14,20-24,26-27,34-37,41H,3-9,11-13,15-19H2,1-2H3/t20-,21?,22?,23?,24?,26?,27?/m0/s1. The first-order chi connectivity index (χ1) is 20.5. The Kier molecular flexibility index (Phi) is 9.61. The summed E-state index contributed by atoms with van der Waals surface area (Å²) in [5.41, 5.74) is -1.66. The van der Waals surface area contributed by atoms with Gasteiger partial charge in [0.15, 0.2) is 0 Å². The molecule has 5 N–H and O–H groups in total. The highest BCUT2D eigenvalue weighted by molar-refractivity contribution is 7.98. The molecule has 4 saturated heterocycles. The number of hydrogen-bond acceptors (Lipinski definition) is 9. The van der Waals surface area contributed by atoms with Gasteiger partial charge in [0, 0.05) is 36.8 Å². The van der Waals surface area contributed by atoms with Gasteiger partial charge in [-0.1, -0.05) is 11.9 Å². The van der Waals surface area contributed by atoms with Gasteiger partial charge in [0.2, 0.25) is 5.88 Å². The first-order valence-corrected chi connectivity index (χ1v) is 17.2. The first-order valence-electron chi connectivity index (χ1n) is 16.3. The number of fused-ring (bicyclic) bond motifs is 6. The lowest BCUT2D eigenvalue weighted by atomic mass is 9.90. The molecular weight excluding hydrogens is 579 g/mol. The van der Waals surface area contributed by atoms with Crippen LogP contribution in [0.2, 0.25) is 0 Å². The molecule has 0 amide bonds. The largest absolute Gasteiger partial charge is 0.474 e. The average Bonchev–Trinajstić information content (AvgIpc) is 3.48. The molecule has 1 aromatic rings. The Bertz CT molecular complexity index is 1070. The van der Waals surface area contributed by atoms with Gasteiger partial charge in [0.1, 0.15) is 12.8 Å². The van der Waals surface area contributed by atoms with Crippen molar-refractivity contribution in [3.05, 3.63) is 12.3 Å². The van der Waals surface area contributed by atoms with Crippen molar-refractivity contribution in [2.24, 2.45) is 17.3 Å². The normalized spacial score (nSPS) is 37.0. The monoisotopic (exact) mass is 629 g/mol. The van der Waals surface area contributed by atoms with E-state index >= 15 is 0 Å². The number of halogens is 3. The topological polar surface area (TPSA) is 98.6 Å². The molecule has 8 atom stereocenters. The average molecular weight is 630 g/mol. The summed E-state index contributed by atoms with van der Waals surface area (Å²) in [6.45, 7) is 7.61. The van der Waals surface area contributed by atoms with E-state index in [1.807, 2.05) is 22.8 Å². The van der Waals surface area contributed by atoms with Crippen LogP contribution < -0.4 is 25.4 Å². The van der Waals surface area contributed by atoms with Crippen LogP contribution in [0.1, 0.15) is 90.6 Å². The second kappa shape index (κ2) is 13.0. The second-order valence-electron chi connectivity index (χ2n) is 14.3. The molecule has 5 fully saturated rings. The Balaban J connectivity index is 1.10. The number of nitrogens with zero attached hydrogens (tertiary/aromatic N) is 3. The summed E-state index contributed by atoms with van der Waals surface area (Å²) in [4.78, 5) is 2.69. The Morgan fingerprint density at radius 1 is 1.14 bits per heavy atom. The third-order valence-electron chi connectivity index (χ3n) is 10.5. The number of nitrogens with one attached hydrogen (secondary N) is 4. The van der Waals surface area contributed by atoms with Gasteiger partial charge in [-0.05, 0) is 96.9 Å². The number of aliphatic hydroxyl groups excluding tert-OH is 1. The van der Waals surface area contributed by atoms with E-state index < -0.39 is 17.7 Å². The number of ether oxygens (including phenoxy) is 1. The van der Waals surface area contributed by atoms with Crippen LogP contribution >= 0.6 is 11.9 Å². The molecule has 43 heavy (non-hydrogen) atoms. The van der Waals surface area contributed by atoms with E-state index in [0.29, 0.717) is 29.3 Å². The van der Waals surface area contributed by atoms with Crippen molar-refractivity contribution in [3.8, 4) is 5.88 Å². The zero-order chi connectivity index (χ0) is 30.2. The fourth-order valence-electron chi connectivity index (χ4n) is 7.90. The van der Waals surface area contributed by atoms with E-state index in [9.17, 15) is 18.3 Å². The summed E-state index contributed by atoms with van der Waals surface area (Å²) < 4.78 is 51.1. The number of piperidine rings is 2. The number of aliphatic hydroxyl groups is 1. The van der Waals surface area contributed by atoms with Gasteiger partial charge < -0.3 is 15.2 Å². The van der Waals surface area contributed by atoms with E-state index in [0.717, 1.165) is 32.5 Å². The van der Waals surface area contributed by atoms with Crippen LogP contribution in [0.25, 0.3) is 0 Å². The van der Waals surface area contributed by atoms with E-state index in [-0.39, 0.29) is 43.7 Å².